The number of nitrogens with one attached hydrogen (secondary N) is 1. The number of nitrogens with zero attached hydrogens (tertiary/aromatic N) is 1. The van der Waals surface area contributed by atoms with E-state index < -0.39 is 24.0 Å². The highest BCUT2D eigenvalue weighted by Gasteiger charge is 2.49. The van der Waals surface area contributed by atoms with Crippen molar-refractivity contribution in [1.29, 1.82) is 0 Å². The summed E-state index contributed by atoms with van der Waals surface area (Å²) in [5, 5.41) is 3.01. The summed E-state index contributed by atoms with van der Waals surface area (Å²) < 4.78 is 38.1. The number of hydrogen-bond donors (Lipinski definition) is 1. The van der Waals surface area contributed by atoms with Gasteiger partial charge in [-0.3, -0.25) is 9.69 Å². The fourth-order valence-electron chi connectivity index (χ4n) is 2.38. The zero-order valence-corrected chi connectivity index (χ0v) is 10.4. The molecular weight excluding hydrogens is 257 g/mol. The highest BCUT2D eigenvalue weighted by atomic mass is 19.4. The summed E-state index contributed by atoms with van der Waals surface area (Å²) in [5.41, 5.74) is 0.691. The molecule has 2 rings (SSSR count). The van der Waals surface area contributed by atoms with Gasteiger partial charge in [-0.05, 0) is 12.6 Å². The Morgan fingerprint density at radius 2 is 1.95 bits per heavy atom. The Morgan fingerprint density at radius 3 is 2.53 bits per heavy atom. The van der Waals surface area contributed by atoms with Crippen molar-refractivity contribution in [3.05, 3.63) is 35.9 Å². The van der Waals surface area contributed by atoms with E-state index >= 15 is 0 Å². The van der Waals surface area contributed by atoms with Crippen molar-refractivity contribution in [3.63, 3.8) is 0 Å². The summed E-state index contributed by atoms with van der Waals surface area (Å²) in [6.45, 7) is 0.966. The van der Waals surface area contributed by atoms with Gasteiger partial charge >= 0.3 is 6.18 Å². The van der Waals surface area contributed by atoms with Crippen molar-refractivity contribution in [2.75, 3.05) is 20.1 Å². The molecule has 0 bridgehead atoms. The van der Waals surface area contributed by atoms with Crippen LogP contribution in [0.3, 0.4) is 0 Å². The van der Waals surface area contributed by atoms with Crippen molar-refractivity contribution < 1.29 is 18.0 Å². The van der Waals surface area contributed by atoms with Gasteiger partial charge < -0.3 is 5.32 Å². The zero-order valence-electron chi connectivity index (χ0n) is 10.4. The number of carbonyl (C=O) groups is 1. The molecule has 3 nitrogen and oxygen atoms in total. The Balaban J connectivity index is 2.32. The van der Waals surface area contributed by atoms with Gasteiger partial charge in [-0.2, -0.15) is 13.2 Å². The number of ketones is 1. The van der Waals surface area contributed by atoms with E-state index in [4.69, 9.17) is 0 Å². The first kappa shape index (κ1) is 14.0. The van der Waals surface area contributed by atoms with Gasteiger partial charge in [0.25, 0.3) is 5.78 Å². The van der Waals surface area contributed by atoms with Crippen LogP contribution in [0.1, 0.15) is 11.6 Å². The molecule has 1 saturated heterocycles. The van der Waals surface area contributed by atoms with Gasteiger partial charge in [-0.1, -0.05) is 30.3 Å². The van der Waals surface area contributed by atoms with Gasteiger partial charge in [0.05, 0.1) is 12.1 Å². The maximum absolute atomic E-state index is 12.7. The molecule has 2 unspecified atom stereocenters. The Labute approximate surface area is 109 Å². The summed E-state index contributed by atoms with van der Waals surface area (Å²) >= 11 is 0. The van der Waals surface area contributed by atoms with Gasteiger partial charge in [-0.25, -0.2) is 0 Å². The molecule has 6 heteroatoms. The van der Waals surface area contributed by atoms with Crippen molar-refractivity contribution >= 4 is 5.78 Å². The Bertz CT molecular complexity index is 447. The van der Waals surface area contributed by atoms with Crippen LogP contribution in [0.15, 0.2) is 30.3 Å². The highest BCUT2D eigenvalue weighted by Crippen LogP contribution is 2.29. The molecule has 0 saturated carbocycles. The number of carbonyl (C=O) groups excluding carboxylic acids is 1. The van der Waals surface area contributed by atoms with Gasteiger partial charge in [0, 0.05) is 13.1 Å². The van der Waals surface area contributed by atoms with Crippen LogP contribution in [0.25, 0.3) is 0 Å². The second-order valence-corrected chi connectivity index (χ2v) is 4.63. The van der Waals surface area contributed by atoms with E-state index in [2.05, 4.69) is 5.32 Å². The zero-order chi connectivity index (χ0) is 14.0. The SMILES string of the molecule is CN1CCNC(c2ccccc2)C1C(=O)C(F)(F)F. The number of rotatable bonds is 2. The lowest BCUT2D eigenvalue weighted by atomic mass is 9.93. The fourth-order valence-corrected chi connectivity index (χ4v) is 2.38. The van der Waals surface area contributed by atoms with E-state index in [1.807, 2.05) is 0 Å². The van der Waals surface area contributed by atoms with E-state index in [1.165, 1.54) is 4.90 Å². The molecule has 1 fully saturated rings. The van der Waals surface area contributed by atoms with Crippen LogP contribution < -0.4 is 5.32 Å². The first-order valence-electron chi connectivity index (χ1n) is 6.01. The number of likely N-dealkylation sites (N-methyl/N-ethyl adjacent to an activating group) is 1. The van der Waals surface area contributed by atoms with Crippen LogP contribution in [-0.4, -0.2) is 43.0 Å². The lowest BCUT2D eigenvalue weighted by Crippen LogP contribution is -2.57. The second kappa shape index (κ2) is 5.30. The molecular formula is C13H15F3N2O. The third-order valence-electron chi connectivity index (χ3n) is 3.33. The molecule has 0 spiro atoms. The Morgan fingerprint density at radius 1 is 1.32 bits per heavy atom. The number of benzene rings is 1. The predicted octanol–water partition coefficient (Wildman–Crippen LogP) is 1.76. The smallest absolute Gasteiger partial charge is 0.307 e. The minimum atomic E-state index is -4.81. The normalized spacial score (nSPS) is 25.3. The molecule has 19 heavy (non-hydrogen) atoms. The number of piperazine rings is 1. The molecule has 0 aromatic heterocycles. The van der Waals surface area contributed by atoms with Crippen LogP contribution in [0.4, 0.5) is 13.2 Å². The van der Waals surface area contributed by atoms with E-state index in [1.54, 1.807) is 37.4 Å². The van der Waals surface area contributed by atoms with Crippen molar-refractivity contribution in [2.45, 2.75) is 18.3 Å². The number of Topliss-reactive ketones (excluding diaryl/α,β-unsaturated/α-hetero) is 1. The van der Waals surface area contributed by atoms with Crippen molar-refractivity contribution in [2.24, 2.45) is 0 Å². The predicted molar refractivity (Wildman–Crippen MR) is 64.7 cm³/mol. The van der Waals surface area contributed by atoms with Gasteiger partial charge in [0.1, 0.15) is 0 Å². The third-order valence-corrected chi connectivity index (χ3v) is 3.33. The quantitative estimate of drug-likeness (QED) is 0.890. The van der Waals surface area contributed by atoms with Crippen LogP contribution >= 0.6 is 0 Å². The Hall–Kier alpha value is -1.40. The minimum absolute atomic E-state index is 0.413. The molecule has 0 aliphatic carbocycles. The molecule has 1 aliphatic rings. The van der Waals surface area contributed by atoms with Crippen LogP contribution in [-0.2, 0) is 4.79 Å². The number of alkyl halides is 3. The van der Waals surface area contributed by atoms with E-state index in [9.17, 15) is 18.0 Å². The Kier molecular flexibility index (Phi) is 3.91. The van der Waals surface area contributed by atoms with Gasteiger partial charge in [-0.15, -0.1) is 0 Å². The first-order chi connectivity index (χ1) is 8.91. The van der Waals surface area contributed by atoms with E-state index in [-0.39, 0.29) is 0 Å². The molecule has 1 aromatic rings. The van der Waals surface area contributed by atoms with Gasteiger partial charge in [0.2, 0.25) is 0 Å². The van der Waals surface area contributed by atoms with Gasteiger partial charge in [0.15, 0.2) is 0 Å². The maximum Gasteiger partial charge on any atom is 0.451 e. The molecule has 1 aliphatic heterocycles. The standard InChI is InChI=1S/C13H15F3N2O/c1-18-8-7-17-10(9-5-3-2-4-6-9)11(18)12(19)13(14,15)16/h2-6,10-11,17H,7-8H2,1H3. The van der Waals surface area contributed by atoms with Crippen LogP contribution in [0.2, 0.25) is 0 Å². The second-order valence-electron chi connectivity index (χ2n) is 4.63. The number of hydrogen-bond acceptors (Lipinski definition) is 3. The summed E-state index contributed by atoms with van der Waals surface area (Å²) in [5.74, 6) is -1.70. The topological polar surface area (TPSA) is 32.3 Å². The largest absolute Gasteiger partial charge is 0.451 e. The molecule has 0 radical (unpaired) electrons. The van der Waals surface area contributed by atoms with Crippen molar-refractivity contribution in [1.82, 2.24) is 10.2 Å². The molecule has 1 aromatic carbocycles. The average molecular weight is 272 g/mol. The van der Waals surface area contributed by atoms with E-state index in [0.29, 0.717) is 18.7 Å². The first-order valence-corrected chi connectivity index (χ1v) is 6.01. The monoisotopic (exact) mass is 272 g/mol. The molecule has 2 atom stereocenters. The van der Waals surface area contributed by atoms with Crippen LogP contribution in [0.5, 0.6) is 0 Å². The molecule has 1 heterocycles. The minimum Gasteiger partial charge on any atom is -0.307 e. The lowest BCUT2D eigenvalue weighted by molar-refractivity contribution is -0.178. The number of halogens is 3. The summed E-state index contributed by atoms with van der Waals surface area (Å²) in [7, 11) is 1.55. The lowest BCUT2D eigenvalue weighted by Gasteiger charge is -2.39. The fraction of sp³-hybridized carbons (Fsp3) is 0.462. The summed E-state index contributed by atoms with van der Waals surface area (Å²) in [4.78, 5) is 13.1. The highest BCUT2D eigenvalue weighted by molar-refractivity contribution is 5.90. The van der Waals surface area contributed by atoms with Crippen LogP contribution in [0, 0.1) is 0 Å². The third kappa shape index (κ3) is 2.96. The van der Waals surface area contributed by atoms with Crippen molar-refractivity contribution in [3.8, 4) is 0 Å². The average Bonchev–Trinajstić information content (AvgIpc) is 2.37. The molecule has 104 valence electrons. The summed E-state index contributed by atoms with van der Waals surface area (Å²) in [6, 6.07) is 6.91. The van der Waals surface area contributed by atoms with E-state index in [0.717, 1.165) is 0 Å². The molecule has 1 N–H and O–H groups in total. The summed E-state index contributed by atoms with van der Waals surface area (Å²) in [6.07, 6.45) is -4.81. The molecule has 0 amide bonds. The maximum atomic E-state index is 12.7.